The molecule has 1 aromatic rings. The summed E-state index contributed by atoms with van der Waals surface area (Å²) in [5, 5.41) is 9.94. The van der Waals surface area contributed by atoms with Gasteiger partial charge < -0.3 is 10.8 Å². The van der Waals surface area contributed by atoms with E-state index >= 15 is 0 Å². The Morgan fingerprint density at radius 1 is 1.44 bits per heavy atom. The van der Waals surface area contributed by atoms with Crippen LogP contribution in [0, 0.1) is 0 Å². The highest BCUT2D eigenvalue weighted by Gasteiger charge is 2.30. The third kappa shape index (κ3) is 2.61. The zero-order chi connectivity index (χ0) is 13.3. The molecule has 5 nitrogen and oxygen atoms in total. The van der Waals surface area contributed by atoms with Gasteiger partial charge in [-0.1, -0.05) is 11.6 Å². The lowest BCUT2D eigenvalue weighted by atomic mass is 10.1. The first kappa shape index (κ1) is 13.6. The minimum absolute atomic E-state index is 0.0426. The smallest absolute Gasteiger partial charge is 0.245 e. The predicted octanol–water partition coefficient (Wildman–Crippen LogP) is 1.07. The largest absolute Gasteiger partial charge is 0.398 e. The lowest BCUT2D eigenvalue weighted by Crippen LogP contribution is -2.42. The number of nitrogen functional groups attached to an aromatic ring is 1. The van der Waals surface area contributed by atoms with E-state index in [1.807, 2.05) is 0 Å². The quantitative estimate of drug-likeness (QED) is 0.798. The second-order valence-corrected chi connectivity index (χ2v) is 6.68. The molecule has 0 saturated carbocycles. The summed E-state index contributed by atoms with van der Waals surface area (Å²) in [5.41, 5.74) is 5.82. The molecule has 1 atom stereocenters. The molecule has 2 rings (SSSR count). The Bertz CT molecular complexity index is 547. The van der Waals surface area contributed by atoms with Gasteiger partial charge in [0.25, 0.3) is 0 Å². The molecule has 1 saturated heterocycles. The van der Waals surface area contributed by atoms with Gasteiger partial charge in [-0.05, 0) is 31.0 Å². The number of anilines is 1. The SMILES string of the molecule is Nc1cc(Cl)ccc1S(=O)(=O)N1CCCC(O)C1. The van der Waals surface area contributed by atoms with E-state index in [4.69, 9.17) is 17.3 Å². The number of sulfonamides is 1. The first-order valence-electron chi connectivity index (χ1n) is 5.64. The molecule has 0 spiro atoms. The predicted molar refractivity (Wildman–Crippen MR) is 69.9 cm³/mol. The fraction of sp³-hybridized carbons (Fsp3) is 0.455. The molecule has 1 heterocycles. The maximum Gasteiger partial charge on any atom is 0.245 e. The van der Waals surface area contributed by atoms with Crippen LogP contribution >= 0.6 is 11.6 Å². The standard InChI is InChI=1S/C11H15ClN2O3S/c12-8-3-4-11(10(13)6-8)18(16,17)14-5-1-2-9(15)7-14/h3-4,6,9,15H,1-2,5,7,13H2. The zero-order valence-electron chi connectivity index (χ0n) is 9.71. The molecule has 1 aromatic carbocycles. The Morgan fingerprint density at radius 3 is 2.78 bits per heavy atom. The van der Waals surface area contributed by atoms with Crippen molar-refractivity contribution < 1.29 is 13.5 Å². The van der Waals surface area contributed by atoms with E-state index in [2.05, 4.69) is 0 Å². The van der Waals surface area contributed by atoms with Crippen LogP contribution in [-0.4, -0.2) is 37.0 Å². The average molecular weight is 291 g/mol. The van der Waals surface area contributed by atoms with Gasteiger partial charge in [0.15, 0.2) is 0 Å². The molecule has 1 unspecified atom stereocenters. The van der Waals surface area contributed by atoms with Gasteiger partial charge in [0.1, 0.15) is 4.90 Å². The lowest BCUT2D eigenvalue weighted by Gasteiger charge is -2.29. The lowest BCUT2D eigenvalue weighted by molar-refractivity contribution is 0.108. The Labute approximate surface area is 111 Å². The second kappa shape index (κ2) is 5.05. The number of benzene rings is 1. The molecule has 7 heteroatoms. The van der Waals surface area contributed by atoms with E-state index in [0.29, 0.717) is 24.4 Å². The van der Waals surface area contributed by atoms with Crippen LogP contribution in [0.25, 0.3) is 0 Å². The van der Waals surface area contributed by atoms with Crippen LogP contribution in [0.4, 0.5) is 5.69 Å². The summed E-state index contributed by atoms with van der Waals surface area (Å²) in [6.07, 6.45) is 0.665. The molecular weight excluding hydrogens is 276 g/mol. The van der Waals surface area contributed by atoms with Gasteiger partial charge in [0, 0.05) is 18.1 Å². The molecule has 0 amide bonds. The number of aliphatic hydroxyl groups excluding tert-OH is 1. The van der Waals surface area contributed by atoms with Crippen molar-refractivity contribution in [1.82, 2.24) is 4.31 Å². The molecular formula is C11H15ClN2O3S. The highest BCUT2D eigenvalue weighted by molar-refractivity contribution is 7.89. The fourth-order valence-electron chi connectivity index (χ4n) is 2.03. The molecule has 0 radical (unpaired) electrons. The van der Waals surface area contributed by atoms with Crippen LogP contribution in [-0.2, 0) is 10.0 Å². The highest BCUT2D eigenvalue weighted by atomic mass is 35.5. The minimum atomic E-state index is -3.65. The van der Waals surface area contributed by atoms with Crippen molar-refractivity contribution in [3.8, 4) is 0 Å². The maximum absolute atomic E-state index is 12.4. The summed E-state index contributed by atoms with van der Waals surface area (Å²) in [7, 11) is -3.65. The normalized spacial score (nSPS) is 22.0. The van der Waals surface area contributed by atoms with Crippen molar-refractivity contribution >= 4 is 27.3 Å². The van der Waals surface area contributed by atoms with Crippen LogP contribution in [0.15, 0.2) is 23.1 Å². The van der Waals surface area contributed by atoms with E-state index in [1.54, 1.807) is 0 Å². The van der Waals surface area contributed by atoms with Gasteiger partial charge in [-0.2, -0.15) is 4.31 Å². The van der Waals surface area contributed by atoms with Crippen molar-refractivity contribution in [2.75, 3.05) is 18.8 Å². The number of hydrogen-bond donors (Lipinski definition) is 2. The minimum Gasteiger partial charge on any atom is -0.398 e. The van der Waals surface area contributed by atoms with Crippen molar-refractivity contribution in [2.45, 2.75) is 23.8 Å². The Morgan fingerprint density at radius 2 is 2.17 bits per heavy atom. The van der Waals surface area contributed by atoms with E-state index in [-0.39, 0.29) is 17.1 Å². The second-order valence-electron chi connectivity index (χ2n) is 4.34. The van der Waals surface area contributed by atoms with E-state index in [9.17, 15) is 13.5 Å². The van der Waals surface area contributed by atoms with Crippen LogP contribution in [0.5, 0.6) is 0 Å². The van der Waals surface area contributed by atoms with E-state index in [0.717, 1.165) is 0 Å². The topological polar surface area (TPSA) is 83.6 Å². The number of nitrogens with zero attached hydrogens (tertiary/aromatic N) is 1. The summed E-state index contributed by atoms with van der Waals surface area (Å²) < 4.78 is 26.0. The monoisotopic (exact) mass is 290 g/mol. The number of aliphatic hydroxyl groups is 1. The summed E-state index contributed by atoms with van der Waals surface area (Å²) >= 11 is 5.75. The molecule has 100 valence electrons. The molecule has 3 N–H and O–H groups in total. The highest BCUT2D eigenvalue weighted by Crippen LogP contribution is 2.27. The maximum atomic E-state index is 12.4. The number of hydrogen-bond acceptors (Lipinski definition) is 4. The number of nitrogens with two attached hydrogens (primary N) is 1. The Kier molecular flexibility index (Phi) is 3.82. The van der Waals surface area contributed by atoms with Gasteiger partial charge in [-0.15, -0.1) is 0 Å². The first-order valence-corrected chi connectivity index (χ1v) is 7.46. The Balaban J connectivity index is 2.35. The number of piperidine rings is 1. The summed E-state index contributed by atoms with van der Waals surface area (Å²) in [6, 6.07) is 4.30. The first-order chi connectivity index (χ1) is 8.41. The molecule has 1 aliphatic heterocycles. The third-order valence-corrected chi connectivity index (χ3v) is 5.12. The fourth-order valence-corrected chi connectivity index (χ4v) is 3.83. The Hall–Kier alpha value is -0.820. The molecule has 0 bridgehead atoms. The zero-order valence-corrected chi connectivity index (χ0v) is 11.3. The van der Waals surface area contributed by atoms with Gasteiger partial charge in [-0.25, -0.2) is 8.42 Å². The van der Waals surface area contributed by atoms with Crippen molar-refractivity contribution in [3.63, 3.8) is 0 Å². The van der Waals surface area contributed by atoms with Crippen LogP contribution in [0.1, 0.15) is 12.8 Å². The van der Waals surface area contributed by atoms with Crippen molar-refractivity contribution in [2.24, 2.45) is 0 Å². The molecule has 18 heavy (non-hydrogen) atoms. The van der Waals surface area contributed by atoms with Gasteiger partial charge in [0.2, 0.25) is 10.0 Å². The average Bonchev–Trinajstić information content (AvgIpc) is 2.28. The summed E-state index contributed by atoms with van der Waals surface area (Å²) in [4.78, 5) is 0.0426. The molecule has 0 aromatic heterocycles. The summed E-state index contributed by atoms with van der Waals surface area (Å²) in [6.45, 7) is 0.520. The molecule has 0 aliphatic carbocycles. The molecule has 1 aliphatic rings. The molecule has 1 fully saturated rings. The van der Waals surface area contributed by atoms with Crippen molar-refractivity contribution in [1.29, 1.82) is 0 Å². The van der Waals surface area contributed by atoms with Gasteiger partial charge in [-0.3, -0.25) is 0 Å². The number of β-amino-alcohol motifs (C(OH)–C–C–N with tert-alkyl or cyclic N) is 1. The van der Waals surface area contributed by atoms with E-state index < -0.39 is 16.1 Å². The van der Waals surface area contributed by atoms with Gasteiger partial charge in [0.05, 0.1) is 11.8 Å². The number of rotatable bonds is 2. The summed E-state index contributed by atoms with van der Waals surface area (Å²) in [5.74, 6) is 0. The third-order valence-electron chi connectivity index (χ3n) is 2.95. The number of halogens is 1. The van der Waals surface area contributed by atoms with Crippen LogP contribution in [0.2, 0.25) is 5.02 Å². The van der Waals surface area contributed by atoms with Gasteiger partial charge >= 0.3 is 0 Å². The van der Waals surface area contributed by atoms with Crippen molar-refractivity contribution in [3.05, 3.63) is 23.2 Å². The van der Waals surface area contributed by atoms with E-state index in [1.165, 1.54) is 22.5 Å². The van der Waals surface area contributed by atoms with Crippen LogP contribution < -0.4 is 5.73 Å². The van der Waals surface area contributed by atoms with Crippen LogP contribution in [0.3, 0.4) is 0 Å².